The van der Waals surface area contributed by atoms with Gasteiger partial charge in [-0.05, 0) is 25.5 Å². The SMILES string of the molecule is CCOC(=O)C1CC[NH+](CC(=O)Nc2c(Cl)ccc(C)c2Cl)CC1. The van der Waals surface area contributed by atoms with Crippen molar-refractivity contribution in [1.82, 2.24) is 0 Å². The van der Waals surface area contributed by atoms with Gasteiger partial charge in [0.25, 0.3) is 5.91 Å². The average Bonchev–Trinajstić information content (AvgIpc) is 2.56. The Balaban J connectivity index is 1.86. The minimum atomic E-state index is -0.131. The Kier molecular flexibility index (Phi) is 6.90. The molecule has 1 fully saturated rings. The molecular weight excluding hydrogens is 351 g/mol. The van der Waals surface area contributed by atoms with Crippen molar-refractivity contribution in [3.8, 4) is 0 Å². The number of piperidine rings is 1. The second kappa shape index (κ2) is 8.70. The van der Waals surface area contributed by atoms with Crippen molar-refractivity contribution in [2.75, 3.05) is 31.6 Å². The Bertz CT molecular complexity index is 614. The fourth-order valence-corrected chi connectivity index (χ4v) is 3.35. The lowest BCUT2D eigenvalue weighted by Gasteiger charge is -2.27. The van der Waals surface area contributed by atoms with E-state index in [4.69, 9.17) is 27.9 Å². The Morgan fingerprint density at radius 1 is 1.29 bits per heavy atom. The summed E-state index contributed by atoms with van der Waals surface area (Å²) in [5.74, 6) is -0.300. The molecule has 0 radical (unpaired) electrons. The van der Waals surface area contributed by atoms with Gasteiger partial charge in [0.05, 0.1) is 41.3 Å². The van der Waals surface area contributed by atoms with Gasteiger partial charge in [-0.25, -0.2) is 0 Å². The molecule has 0 aliphatic carbocycles. The average molecular weight is 374 g/mol. The molecule has 0 aromatic heterocycles. The van der Waals surface area contributed by atoms with Crippen LogP contribution in [0.5, 0.6) is 0 Å². The zero-order valence-corrected chi connectivity index (χ0v) is 15.5. The molecule has 1 aromatic rings. The second-order valence-corrected chi connectivity index (χ2v) is 6.84. The number of rotatable bonds is 5. The molecule has 24 heavy (non-hydrogen) atoms. The standard InChI is InChI=1S/C17H22Cl2N2O3/c1-3-24-17(23)12-6-8-21(9-7-12)10-14(22)20-16-13(18)5-4-11(2)15(16)19/h4-5,12H,3,6-10H2,1-2H3,(H,20,22)/p+1. The van der Waals surface area contributed by atoms with Gasteiger partial charge in [-0.1, -0.05) is 29.3 Å². The number of nitrogens with one attached hydrogen (secondary N) is 2. The van der Waals surface area contributed by atoms with Gasteiger partial charge in [0.2, 0.25) is 0 Å². The van der Waals surface area contributed by atoms with Gasteiger partial charge in [-0.3, -0.25) is 9.59 Å². The topological polar surface area (TPSA) is 59.8 Å². The molecule has 2 rings (SSSR count). The van der Waals surface area contributed by atoms with E-state index < -0.39 is 0 Å². The Hall–Kier alpha value is -1.30. The van der Waals surface area contributed by atoms with Crippen LogP contribution in [0, 0.1) is 12.8 Å². The van der Waals surface area contributed by atoms with Crippen LogP contribution in [0.15, 0.2) is 12.1 Å². The molecular formula is C17H23Cl2N2O3+. The van der Waals surface area contributed by atoms with Crippen molar-refractivity contribution >= 4 is 40.8 Å². The molecule has 1 heterocycles. The summed E-state index contributed by atoms with van der Waals surface area (Å²) in [6, 6.07) is 3.53. The highest BCUT2D eigenvalue weighted by molar-refractivity contribution is 6.40. The summed E-state index contributed by atoms with van der Waals surface area (Å²) in [6.45, 7) is 5.95. The Labute approximate surface area is 152 Å². The van der Waals surface area contributed by atoms with Crippen molar-refractivity contribution in [2.45, 2.75) is 26.7 Å². The molecule has 0 unspecified atom stereocenters. The number of likely N-dealkylation sites (tertiary alicyclic amines) is 1. The minimum Gasteiger partial charge on any atom is -0.466 e. The second-order valence-electron chi connectivity index (χ2n) is 6.05. The van der Waals surface area contributed by atoms with E-state index in [9.17, 15) is 9.59 Å². The first-order chi connectivity index (χ1) is 11.4. The molecule has 1 amide bonds. The summed E-state index contributed by atoms with van der Waals surface area (Å²) >= 11 is 12.3. The summed E-state index contributed by atoms with van der Waals surface area (Å²) in [5, 5.41) is 3.70. The zero-order valence-electron chi connectivity index (χ0n) is 14.0. The van der Waals surface area contributed by atoms with Gasteiger partial charge in [-0.2, -0.15) is 0 Å². The maximum atomic E-state index is 12.3. The van der Waals surface area contributed by atoms with Crippen LogP contribution < -0.4 is 10.2 Å². The van der Waals surface area contributed by atoms with E-state index in [0.717, 1.165) is 36.4 Å². The number of halogens is 2. The maximum Gasteiger partial charge on any atom is 0.309 e. The Morgan fingerprint density at radius 3 is 2.58 bits per heavy atom. The van der Waals surface area contributed by atoms with Crippen molar-refractivity contribution in [1.29, 1.82) is 0 Å². The lowest BCUT2D eigenvalue weighted by molar-refractivity contribution is -0.897. The molecule has 7 heteroatoms. The minimum absolute atomic E-state index is 0.0441. The third-order valence-corrected chi connectivity index (χ3v) is 5.07. The van der Waals surface area contributed by atoms with E-state index in [2.05, 4.69) is 5.32 Å². The van der Waals surface area contributed by atoms with E-state index in [-0.39, 0.29) is 17.8 Å². The summed E-state index contributed by atoms with van der Waals surface area (Å²) in [5.41, 5.74) is 1.32. The van der Waals surface area contributed by atoms with Crippen LogP contribution in [0.1, 0.15) is 25.3 Å². The predicted octanol–water partition coefficient (Wildman–Crippen LogP) is 2.10. The maximum absolute atomic E-state index is 12.3. The predicted molar refractivity (Wildman–Crippen MR) is 94.7 cm³/mol. The largest absolute Gasteiger partial charge is 0.466 e. The van der Waals surface area contributed by atoms with E-state index in [1.807, 2.05) is 19.9 Å². The molecule has 0 saturated carbocycles. The van der Waals surface area contributed by atoms with E-state index in [1.54, 1.807) is 6.07 Å². The van der Waals surface area contributed by atoms with Crippen molar-refractivity contribution < 1.29 is 19.2 Å². The molecule has 132 valence electrons. The highest BCUT2D eigenvalue weighted by atomic mass is 35.5. The normalized spacial score (nSPS) is 20.5. The van der Waals surface area contributed by atoms with Crippen molar-refractivity contribution in [3.63, 3.8) is 0 Å². The molecule has 0 atom stereocenters. The van der Waals surface area contributed by atoms with E-state index >= 15 is 0 Å². The van der Waals surface area contributed by atoms with Gasteiger partial charge in [0.1, 0.15) is 0 Å². The number of benzene rings is 1. The lowest BCUT2D eigenvalue weighted by Crippen LogP contribution is -3.14. The monoisotopic (exact) mass is 373 g/mol. The number of ether oxygens (including phenoxy) is 1. The molecule has 0 spiro atoms. The molecule has 1 aliphatic rings. The summed E-state index contributed by atoms with van der Waals surface area (Å²) < 4.78 is 5.06. The Morgan fingerprint density at radius 2 is 1.96 bits per heavy atom. The fraction of sp³-hybridized carbons (Fsp3) is 0.529. The number of hydrogen-bond donors (Lipinski definition) is 2. The molecule has 5 nitrogen and oxygen atoms in total. The first-order valence-corrected chi connectivity index (χ1v) is 8.92. The molecule has 1 saturated heterocycles. The number of amides is 1. The molecule has 1 aromatic carbocycles. The summed E-state index contributed by atoms with van der Waals surface area (Å²) in [6.07, 6.45) is 1.49. The zero-order chi connectivity index (χ0) is 17.7. The van der Waals surface area contributed by atoms with Gasteiger partial charge in [0.15, 0.2) is 6.54 Å². The third kappa shape index (κ3) is 4.85. The highest BCUT2D eigenvalue weighted by Gasteiger charge is 2.29. The number of carbonyl (C=O) groups excluding carboxylic acids is 2. The smallest absolute Gasteiger partial charge is 0.309 e. The van der Waals surface area contributed by atoms with Crippen LogP contribution in [-0.4, -0.2) is 38.1 Å². The van der Waals surface area contributed by atoms with Crippen LogP contribution in [0.2, 0.25) is 10.0 Å². The van der Waals surface area contributed by atoms with Crippen LogP contribution in [0.3, 0.4) is 0 Å². The van der Waals surface area contributed by atoms with Crippen molar-refractivity contribution in [2.24, 2.45) is 5.92 Å². The molecule has 0 bridgehead atoms. The van der Waals surface area contributed by atoms with Gasteiger partial charge >= 0.3 is 5.97 Å². The van der Waals surface area contributed by atoms with Gasteiger partial charge < -0.3 is 15.0 Å². The number of esters is 1. The first-order valence-electron chi connectivity index (χ1n) is 8.17. The lowest BCUT2D eigenvalue weighted by atomic mass is 9.97. The fourth-order valence-electron chi connectivity index (χ4n) is 2.88. The molecule has 1 aliphatic heterocycles. The summed E-state index contributed by atoms with van der Waals surface area (Å²) in [7, 11) is 0. The van der Waals surface area contributed by atoms with Crippen LogP contribution in [-0.2, 0) is 14.3 Å². The van der Waals surface area contributed by atoms with Crippen LogP contribution in [0.4, 0.5) is 5.69 Å². The number of hydrogen-bond acceptors (Lipinski definition) is 3. The first kappa shape index (κ1) is 19.0. The number of quaternary nitrogens is 1. The van der Waals surface area contributed by atoms with Crippen LogP contribution >= 0.6 is 23.2 Å². The van der Waals surface area contributed by atoms with Crippen molar-refractivity contribution in [3.05, 3.63) is 27.7 Å². The quantitative estimate of drug-likeness (QED) is 0.776. The van der Waals surface area contributed by atoms with Crippen LogP contribution in [0.25, 0.3) is 0 Å². The molecule has 2 N–H and O–H groups in total. The number of aryl methyl sites for hydroxylation is 1. The van der Waals surface area contributed by atoms with Gasteiger partial charge in [-0.15, -0.1) is 0 Å². The third-order valence-electron chi connectivity index (χ3n) is 4.27. The van der Waals surface area contributed by atoms with E-state index in [0.29, 0.717) is 28.9 Å². The highest BCUT2D eigenvalue weighted by Crippen LogP contribution is 2.32. The van der Waals surface area contributed by atoms with Gasteiger partial charge in [0, 0.05) is 12.8 Å². The summed E-state index contributed by atoms with van der Waals surface area (Å²) in [4.78, 5) is 25.2. The number of anilines is 1. The van der Waals surface area contributed by atoms with E-state index in [1.165, 1.54) is 0 Å². The number of carbonyl (C=O) groups is 2.